The number of carbonyl (C=O) groups excluding carboxylic acids is 3. The van der Waals surface area contributed by atoms with Gasteiger partial charge in [-0.2, -0.15) is 0 Å². The van der Waals surface area contributed by atoms with Crippen LogP contribution >= 0.6 is 0 Å². The van der Waals surface area contributed by atoms with Gasteiger partial charge in [-0.05, 0) is 116 Å². The van der Waals surface area contributed by atoms with Crippen LogP contribution in [0.15, 0.2) is 42.5 Å². The summed E-state index contributed by atoms with van der Waals surface area (Å²) in [5.74, 6) is 2.29. The number of rotatable bonds is 17. The van der Waals surface area contributed by atoms with Crippen molar-refractivity contribution in [3.63, 3.8) is 0 Å². The predicted molar refractivity (Wildman–Crippen MR) is 191 cm³/mol. The number of benzene rings is 2. The quantitative estimate of drug-likeness (QED) is 0.104. The first-order valence-corrected chi connectivity index (χ1v) is 19.1. The summed E-state index contributed by atoms with van der Waals surface area (Å²) in [5.41, 5.74) is 9.89. The topological polar surface area (TPSA) is 95.7 Å². The van der Waals surface area contributed by atoms with E-state index in [1.807, 2.05) is 30.3 Å². The van der Waals surface area contributed by atoms with Gasteiger partial charge < -0.3 is 15.2 Å². The summed E-state index contributed by atoms with van der Waals surface area (Å²) in [6, 6.07) is 14.0. The van der Waals surface area contributed by atoms with Gasteiger partial charge in [0, 0.05) is 18.8 Å². The number of nitrogens with two attached hydrogens (primary N) is 1. The Kier molecular flexibility index (Phi) is 12.8. The fraction of sp³-hybridized carbons (Fsp3) is 0.643. The molecule has 0 aliphatic heterocycles. The van der Waals surface area contributed by atoms with Gasteiger partial charge in [0.15, 0.2) is 0 Å². The molecule has 1 amide bonds. The maximum absolute atomic E-state index is 13.2. The molecular formula is C42H59NO5. The molecule has 2 aromatic carbocycles. The van der Waals surface area contributed by atoms with Crippen LogP contribution in [0.3, 0.4) is 0 Å². The number of unbranched alkanes of at least 4 members (excludes halogenated alkanes) is 8. The van der Waals surface area contributed by atoms with Crippen LogP contribution < -0.4 is 10.5 Å². The summed E-state index contributed by atoms with van der Waals surface area (Å²) in [7, 11) is 0. The molecule has 3 aliphatic rings. The van der Waals surface area contributed by atoms with Crippen molar-refractivity contribution in [1.82, 2.24) is 0 Å². The zero-order chi connectivity index (χ0) is 34.1. The van der Waals surface area contributed by atoms with Crippen LogP contribution in [-0.2, 0) is 27.2 Å². The van der Waals surface area contributed by atoms with Crippen molar-refractivity contribution in [1.29, 1.82) is 0 Å². The van der Waals surface area contributed by atoms with E-state index >= 15 is 0 Å². The molecule has 2 fully saturated rings. The van der Waals surface area contributed by atoms with Crippen LogP contribution in [0, 0.1) is 23.2 Å². The highest BCUT2D eigenvalue weighted by Crippen LogP contribution is 2.63. The summed E-state index contributed by atoms with van der Waals surface area (Å²) in [6.07, 6.45) is 19.5. The van der Waals surface area contributed by atoms with Gasteiger partial charge in [0.25, 0.3) is 0 Å². The van der Waals surface area contributed by atoms with E-state index in [0.29, 0.717) is 35.7 Å². The van der Waals surface area contributed by atoms with Crippen LogP contribution in [0.4, 0.5) is 0 Å². The maximum Gasteiger partial charge on any atom is 0.343 e. The molecule has 6 atom stereocenters. The molecule has 0 aromatic heterocycles. The highest BCUT2D eigenvalue weighted by Gasteiger charge is 2.58. The third-order valence-electron chi connectivity index (χ3n) is 12.1. The average molecular weight is 658 g/mol. The van der Waals surface area contributed by atoms with Gasteiger partial charge in [-0.15, -0.1) is 0 Å². The molecule has 0 spiro atoms. The molecule has 262 valence electrons. The Morgan fingerprint density at radius 1 is 0.896 bits per heavy atom. The van der Waals surface area contributed by atoms with E-state index in [9.17, 15) is 14.4 Å². The predicted octanol–water partition coefficient (Wildman–Crippen LogP) is 9.65. The third kappa shape index (κ3) is 8.71. The fourth-order valence-electron chi connectivity index (χ4n) is 9.64. The number of primary amides is 1. The van der Waals surface area contributed by atoms with E-state index in [4.69, 9.17) is 15.2 Å². The van der Waals surface area contributed by atoms with Crippen molar-refractivity contribution in [2.75, 3.05) is 0 Å². The fourth-order valence-corrected chi connectivity index (χ4v) is 9.64. The van der Waals surface area contributed by atoms with Gasteiger partial charge >= 0.3 is 11.9 Å². The molecular weight excluding hydrogens is 598 g/mol. The second-order valence-corrected chi connectivity index (χ2v) is 15.3. The number of amides is 1. The van der Waals surface area contributed by atoms with Gasteiger partial charge in [-0.25, -0.2) is 4.79 Å². The molecule has 0 saturated heterocycles. The normalized spacial score (nSPS) is 25.9. The van der Waals surface area contributed by atoms with Crippen LogP contribution in [-0.4, -0.2) is 23.9 Å². The van der Waals surface area contributed by atoms with Gasteiger partial charge in [-0.1, -0.05) is 89.5 Å². The summed E-state index contributed by atoms with van der Waals surface area (Å²) in [6.45, 7) is 6.18. The smallest absolute Gasteiger partial charge is 0.343 e. The lowest BCUT2D eigenvalue weighted by Crippen LogP contribution is -2.48. The highest BCUT2D eigenvalue weighted by molar-refractivity contribution is 5.91. The van der Waals surface area contributed by atoms with E-state index in [1.54, 1.807) is 6.92 Å². The minimum atomic E-state index is -0.290. The first-order valence-electron chi connectivity index (χ1n) is 19.1. The molecule has 2 saturated carbocycles. The molecule has 2 N–H and O–H groups in total. The Bertz CT molecular complexity index is 1390. The molecule has 3 unspecified atom stereocenters. The molecule has 3 aliphatic carbocycles. The minimum Gasteiger partial charge on any atom is -0.462 e. The molecule has 0 radical (unpaired) electrons. The summed E-state index contributed by atoms with van der Waals surface area (Å²) < 4.78 is 12.1. The van der Waals surface area contributed by atoms with Gasteiger partial charge in [0.05, 0.1) is 5.56 Å². The van der Waals surface area contributed by atoms with Crippen LogP contribution in [0.1, 0.15) is 156 Å². The van der Waals surface area contributed by atoms with Crippen molar-refractivity contribution < 1.29 is 23.9 Å². The van der Waals surface area contributed by atoms with E-state index in [-0.39, 0.29) is 29.4 Å². The van der Waals surface area contributed by atoms with E-state index in [1.165, 1.54) is 56.1 Å². The van der Waals surface area contributed by atoms with Gasteiger partial charge in [0.1, 0.15) is 11.9 Å². The van der Waals surface area contributed by atoms with Crippen LogP contribution in [0.25, 0.3) is 0 Å². The monoisotopic (exact) mass is 657 g/mol. The number of fused-ring (bicyclic) bond motifs is 5. The lowest BCUT2D eigenvalue weighted by atomic mass is 9.52. The van der Waals surface area contributed by atoms with Crippen LogP contribution in [0.2, 0.25) is 0 Å². The number of aryl methyl sites for hydroxylation is 1. The minimum absolute atomic E-state index is 0.0193. The maximum atomic E-state index is 13.2. The largest absolute Gasteiger partial charge is 0.462 e. The number of hydrogen-bond acceptors (Lipinski definition) is 5. The second kappa shape index (κ2) is 17.0. The molecule has 0 bridgehead atoms. The Labute approximate surface area is 288 Å². The number of esters is 2. The Balaban J connectivity index is 1.34. The zero-order valence-corrected chi connectivity index (χ0v) is 29.8. The van der Waals surface area contributed by atoms with Gasteiger partial charge in [0.2, 0.25) is 5.91 Å². The number of carbonyl (C=O) groups is 3. The van der Waals surface area contributed by atoms with Crippen molar-refractivity contribution >= 4 is 17.8 Å². The van der Waals surface area contributed by atoms with E-state index < -0.39 is 0 Å². The van der Waals surface area contributed by atoms with Crippen molar-refractivity contribution in [2.24, 2.45) is 28.9 Å². The van der Waals surface area contributed by atoms with Crippen molar-refractivity contribution in [2.45, 2.75) is 148 Å². The second-order valence-electron chi connectivity index (χ2n) is 15.3. The lowest BCUT2D eigenvalue weighted by molar-refractivity contribution is -0.155. The number of ether oxygens (including phenoxy) is 2. The number of hydrogen-bond donors (Lipinski definition) is 1. The SMILES string of the molecule is CCCCc1cc2c(cc1OC(=O)c1ccccc1)C[C@@H](CCCCCCCCCCC(N)=O)C1C2CC[C@@]2(C)C1CC[C@@H]2OC(C)=O. The summed E-state index contributed by atoms with van der Waals surface area (Å²) in [4.78, 5) is 36.3. The third-order valence-corrected chi connectivity index (χ3v) is 12.1. The first kappa shape index (κ1) is 36.1. The van der Waals surface area contributed by atoms with Crippen molar-refractivity contribution in [3.05, 3.63) is 64.7 Å². The van der Waals surface area contributed by atoms with Gasteiger partial charge in [-0.3, -0.25) is 9.59 Å². The highest BCUT2D eigenvalue weighted by atomic mass is 16.5. The average Bonchev–Trinajstić information content (AvgIpc) is 3.39. The zero-order valence-electron chi connectivity index (χ0n) is 29.8. The molecule has 2 aromatic rings. The Hall–Kier alpha value is -3.15. The molecule has 5 rings (SSSR count). The van der Waals surface area contributed by atoms with Crippen LogP contribution in [0.5, 0.6) is 5.75 Å². The standard InChI is InChI=1S/C42H59NO5/c1-4-5-17-31-27-35-33(28-37(31)48-41(46)30-18-14-12-15-19-30)26-32(20-13-10-8-6-7-9-11-16-21-39(43)45)40-34(35)24-25-42(3)36(40)22-23-38(42)47-29(2)44/h12,14-15,18-19,27-28,32,34,36,38,40H,4-11,13,16-17,20-26H2,1-3H3,(H2,43,45)/t32-,34?,36?,38+,40?,42+/m1/s1. The van der Waals surface area contributed by atoms with Crippen molar-refractivity contribution in [3.8, 4) is 5.75 Å². The first-order chi connectivity index (χ1) is 23.2. The molecule has 6 heteroatoms. The summed E-state index contributed by atoms with van der Waals surface area (Å²) >= 11 is 0. The molecule has 6 nitrogen and oxygen atoms in total. The Morgan fingerprint density at radius 3 is 2.29 bits per heavy atom. The lowest BCUT2D eigenvalue weighted by Gasteiger charge is -2.53. The van der Waals surface area contributed by atoms with E-state index in [0.717, 1.165) is 75.5 Å². The summed E-state index contributed by atoms with van der Waals surface area (Å²) in [5, 5.41) is 0. The van der Waals surface area contributed by atoms with E-state index in [2.05, 4.69) is 26.0 Å². The molecule has 0 heterocycles. The Morgan fingerprint density at radius 2 is 1.60 bits per heavy atom. The molecule has 48 heavy (non-hydrogen) atoms.